The van der Waals surface area contributed by atoms with Crippen LogP contribution in [0.25, 0.3) is 0 Å². The van der Waals surface area contributed by atoms with Gasteiger partial charge in [-0.15, -0.1) is 0 Å². The molecule has 0 saturated carbocycles. The van der Waals surface area contributed by atoms with Crippen LogP contribution in [0.2, 0.25) is 0 Å². The summed E-state index contributed by atoms with van der Waals surface area (Å²) in [7, 11) is 1.35. The highest BCUT2D eigenvalue weighted by molar-refractivity contribution is 14.2. The van der Waals surface area contributed by atoms with Gasteiger partial charge >= 0.3 is 11.9 Å². The van der Waals surface area contributed by atoms with Crippen molar-refractivity contribution in [1.82, 2.24) is 0 Å². The number of carbonyl (C=O) groups is 2. The van der Waals surface area contributed by atoms with Gasteiger partial charge in [-0.2, -0.15) is 0 Å². The smallest absolute Gasteiger partial charge is 0.303 e. The van der Waals surface area contributed by atoms with Crippen molar-refractivity contribution in [2.24, 2.45) is 0 Å². The lowest BCUT2D eigenvalue weighted by Gasteiger charge is -2.29. The van der Waals surface area contributed by atoms with Crippen molar-refractivity contribution < 1.29 is 23.8 Å². The molecule has 0 spiro atoms. The molecule has 0 fully saturated rings. The predicted molar refractivity (Wildman–Crippen MR) is 79.4 cm³/mol. The first-order valence-corrected chi connectivity index (χ1v) is 8.81. The van der Waals surface area contributed by atoms with Crippen molar-refractivity contribution >= 4 is 42.1 Å². The molecule has 7 heteroatoms. The van der Waals surface area contributed by atoms with Crippen LogP contribution in [0.4, 0.5) is 0 Å². The summed E-state index contributed by atoms with van der Waals surface area (Å²) in [6.07, 6.45) is 1.92. The van der Waals surface area contributed by atoms with E-state index < -0.39 is 30.3 Å². The van der Waals surface area contributed by atoms with Gasteiger partial charge in [0.25, 0.3) is 0 Å². The molecule has 1 heterocycles. The Morgan fingerprint density at radius 3 is 2.68 bits per heavy atom. The second kappa shape index (κ2) is 8.45. The average molecular weight is 396 g/mol. The van der Waals surface area contributed by atoms with Crippen LogP contribution in [-0.4, -0.2) is 36.9 Å². The number of esters is 2. The van der Waals surface area contributed by atoms with Gasteiger partial charge in [-0.25, -0.2) is 0 Å². The fraction of sp³-hybridized carbons (Fsp3) is 0.500. The van der Waals surface area contributed by atoms with Crippen molar-refractivity contribution in [3.63, 3.8) is 0 Å². The Labute approximate surface area is 128 Å². The Bertz CT molecular complexity index is 426. The molecular weight excluding hydrogens is 383 g/mol. The number of ether oxygens (including phenoxy) is 3. The molecule has 0 aliphatic carbocycles. The first kappa shape index (κ1) is 16.3. The third-order valence-electron chi connectivity index (χ3n) is 2.16. The summed E-state index contributed by atoms with van der Waals surface area (Å²) in [5.41, 5.74) is 0. The van der Waals surface area contributed by atoms with E-state index in [1.807, 2.05) is 0 Å². The van der Waals surface area contributed by atoms with E-state index in [1.165, 1.54) is 22.8 Å². The number of carbonyl (C=O) groups excluding carboxylic acids is 2. The Balaban J connectivity index is 2.71. The molecule has 0 amide bonds. The molecule has 0 unspecified atom stereocenters. The van der Waals surface area contributed by atoms with E-state index in [-0.39, 0.29) is 6.61 Å². The van der Waals surface area contributed by atoms with Crippen molar-refractivity contribution in [2.75, 3.05) is 6.61 Å². The highest BCUT2D eigenvalue weighted by atomic mass is 127. The Kier molecular flexibility index (Phi) is 7.27. The first-order chi connectivity index (χ1) is 9.02. The molecule has 104 valence electrons. The molecule has 0 aromatic heterocycles. The molecule has 1 rings (SSSR count). The molecule has 0 aromatic carbocycles. The van der Waals surface area contributed by atoms with Gasteiger partial charge in [0.05, 0.1) is 0 Å². The van der Waals surface area contributed by atoms with E-state index in [0.717, 1.165) is 0 Å². The molecule has 0 N–H and O–H groups in total. The molecule has 0 radical (unpaired) electrons. The SMILES string of the molecule is CC(=O)OC[C@H]1O[C@H](C#CSI)C=C[C@@H]1OC(C)=O. The van der Waals surface area contributed by atoms with E-state index in [2.05, 4.69) is 32.4 Å². The maximum atomic E-state index is 11.0. The number of halogens is 1. The minimum absolute atomic E-state index is 0.0210. The molecule has 0 aromatic rings. The molecule has 1 aliphatic heterocycles. The average Bonchev–Trinajstić information content (AvgIpc) is 2.35. The number of rotatable bonds is 3. The zero-order chi connectivity index (χ0) is 14.3. The summed E-state index contributed by atoms with van der Waals surface area (Å²) in [6.45, 7) is 2.64. The zero-order valence-corrected chi connectivity index (χ0v) is 13.4. The lowest BCUT2D eigenvalue weighted by Crippen LogP contribution is -2.41. The van der Waals surface area contributed by atoms with E-state index >= 15 is 0 Å². The second-order valence-corrected chi connectivity index (χ2v) is 5.36. The van der Waals surface area contributed by atoms with Crippen LogP contribution in [0.15, 0.2) is 12.2 Å². The molecular formula is C12H13IO5S. The maximum absolute atomic E-state index is 11.0. The van der Waals surface area contributed by atoms with Crippen LogP contribution >= 0.6 is 30.1 Å². The topological polar surface area (TPSA) is 61.8 Å². The molecule has 19 heavy (non-hydrogen) atoms. The van der Waals surface area contributed by atoms with E-state index in [1.54, 1.807) is 12.2 Å². The summed E-state index contributed by atoms with van der Waals surface area (Å²) in [6, 6.07) is 0. The van der Waals surface area contributed by atoms with Gasteiger partial charge in [-0.1, -0.05) is 5.92 Å². The Hall–Kier alpha value is -0.720. The van der Waals surface area contributed by atoms with Crippen LogP contribution < -0.4 is 0 Å². The summed E-state index contributed by atoms with van der Waals surface area (Å²) in [4.78, 5) is 21.8. The Morgan fingerprint density at radius 1 is 1.37 bits per heavy atom. The van der Waals surface area contributed by atoms with E-state index in [0.29, 0.717) is 0 Å². The van der Waals surface area contributed by atoms with Crippen molar-refractivity contribution in [3.8, 4) is 11.2 Å². The van der Waals surface area contributed by atoms with Gasteiger partial charge in [0.2, 0.25) is 0 Å². The normalized spacial score (nSPS) is 25.1. The Morgan fingerprint density at radius 2 is 2.11 bits per heavy atom. The summed E-state index contributed by atoms with van der Waals surface area (Å²) in [5, 5.41) is 2.82. The fourth-order valence-electron chi connectivity index (χ4n) is 1.45. The van der Waals surface area contributed by atoms with E-state index in [4.69, 9.17) is 14.2 Å². The van der Waals surface area contributed by atoms with E-state index in [9.17, 15) is 9.59 Å². The highest BCUT2D eigenvalue weighted by Crippen LogP contribution is 2.17. The molecule has 1 aliphatic rings. The quantitative estimate of drug-likeness (QED) is 0.314. The molecule has 3 atom stereocenters. The predicted octanol–water partition coefficient (Wildman–Crippen LogP) is 1.85. The standard InChI is InChI=1S/C12H13IO5S/c1-8(14)16-7-12-11(17-9(2)15)4-3-10(18-12)5-6-19-13/h3-4,10-12H,7H2,1-2H3/t10-,11-,12+/m0/s1. The van der Waals surface area contributed by atoms with Gasteiger partial charge in [-0.3, -0.25) is 9.59 Å². The lowest BCUT2D eigenvalue weighted by atomic mass is 10.1. The maximum Gasteiger partial charge on any atom is 0.303 e. The van der Waals surface area contributed by atoms with Crippen LogP contribution in [0, 0.1) is 11.2 Å². The fourth-order valence-corrected chi connectivity index (χ4v) is 1.99. The van der Waals surface area contributed by atoms with Crippen molar-refractivity contribution in [3.05, 3.63) is 12.2 Å². The van der Waals surface area contributed by atoms with Crippen molar-refractivity contribution in [1.29, 1.82) is 0 Å². The number of hydrogen-bond acceptors (Lipinski definition) is 6. The van der Waals surface area contributed by atoms with Gasteiger partial charge in [0.1, 0.15) is 24.9 Å². The van der Waals surface area contributed by atoms with Crippen LogP contribution in [0.3, 0.4) is 0 Å². The van der Waals surface area contributed by atoms with Gasteiger partial charge < -0.3 is 14.2 Å². The van der Waals surface area contributed by atoms with Crippen LogP contribution in [0.1, 0.15) is 13.8 Å². The molecule has 5 nitrogen and oxygen atoms in total. The summed E-state index contributed by atoms with van der Waals surface area (Å²) < 4.78 is 15.6. The zero-order valence-electron chi connectivity index (χ0n) is 10.4. The number of hydrogen-bond donors (Lipinski definition) is 0. The second-order valence-electron chi connectivity index (χ2n) is 3.68. The van der Waals surface area contributed by atoms with Crippen molar-refractivity contribution in [2.45, 2.75) is 32.2 Å². The van der Waals surface area contributed by atoms with Gasteiger partial charge in [0, 0.05) is 35.1 Å². The van der Waals surface area contributed by atoms with Crippen LogP contribution in [-0.2, 0) is 23.8 Å². The minimum atomic E-state index is -0.567. The summed E-state index contributed by atoms with van der Waals surface area (Å²) in [5.74, 6) is 2.05. The molecule has 0 saturated heterocycles. The van der Waals surface area contributed by atoms with Gasteiger partial charge in [-0.05, 0) is 26.3 Å². The monoisotopic (exact) mass is 396 g/mol. The third kappa shape index (κ3) is 6.31. The molecule has 0 bridgehead atoms. The lowest BCUT2D eigenvalue weighted by molar-refractivity contribution is -0.161. The van der Waals surface area contributed by atoms with Gasteiger partial charge in [0.15, 0.2) is 0 Å². The first-order valence-electron chi connectivity index (χ1n) is 5.45. The highest BCUT2D eigenvalue weighted by Gasteiger charge is 2.29. The minimum Gasteiger partial charge on any atom is -0.463 e. The third-order valence-corrected chi connectivity index (χ3v) is 3.01. The van der Waals surface area contributed by atoms with Crippen LogP contribution in [0.5, 0.6) is 0 Å². The summed E-state index contributed by atoms with van der Waals surface area (Å²) >= 11 is 2.06. The largest absolute Gasteiger partial charge is 0.463 e.